The number of urea groups is 1. The van der Waals surface area contributed by atoms with Gasteiger partial charge in [0.15, 0.2) is 0 Å². The van der Waals surface area contributed by atoms with Gasteiger partial charge in [-0.25, -0.2) is 14.0 Å². The Hall–Kier alpha value is -3.49. The van der Waals surface area contributed by atoms with E-state index in [1.165, 1.54) is 18.2 Å². The van der Waals surface area contributed by atoms with E-state index >= 15 is 0 Å². The molecule has 8 nitrogen and oxygen atoms in total. The van der Waals surface area contributed by atoms with Crippen LogP contribution in [-0.2, 0) is 0 Å². The number of amides is 2. The van der Waals surface area contributed by atoms with Crippen molar-refractivity contribution in [3.05, 3.63) is 64.0 Å². The van der Waals surface area contributed by atoms with Crippen LogP contribution in [0.2, 0.25) is 0 Å². The third kappa shape index (κ3) is 3.79. The Balaban J connectivity index is 2.22. The molecule has 0 atom stereocenters. The summed E-state index contributed by atoms with van der Waals surface area (Å²) in [5.41, 5.74) is -1.13. The van der Waals surface area contributed by atoms with Crippen LogP contribution >= 0.6 is 0 Å². The number of benzene rings is 2. The molecule has 0 aliphatic heterocycles. The third-order valence-electron chi connectivity index (χ3n) is 2.81. The molecule has 0 heterocycles. The van der Waals surface area contributed by atoms with Crippen molar-refractivity contribution < 1.29 is 24.0 Å². The number of hydrogen-bond donors (Lipinski definition) is 3. The largest absolute Gasteiger partial charge is 0.478 e. The molecular formula is C14H10FN3O5. The maximum atomic E-state index is 13.4. The highest BCUT2D eigenvalue weighted by Gasteiger charge is 2.17. The standard InChI is InChI=1S/C14H10FN3O5/c15-10-3-1-2-4-12(10)17-14(21)16-11-6-5-8(18(22)23)7-9(11)13(19)20/h1-7H,(H,19,20)(H2,16,17,21). The molecule has 0 radical (unpaired) electrons. The van der Waals surface area contributed by atoms with Crippen molar-refractivity contribution in [2.75, 3.05) is 10.6 Å². The van der Waals surface area contributed by atoms with Crippen molar-refractivity contribution in [1.82, 2.24) is 0 Å². The van der Waals surface area contributed by atoms with Gasteiger partial charge in [-0.3, -0.25) is 10.1 Å². The predicted molar refractivity (Wildman–Crippen MR) is 79.1 cm³/mol. The van der Waals surface area contributed by atoms with Crippen LogP contribution in [0.1, 0.15) is 10.4 Å². The first-order valence-electron chi connectivity index (χ1n) is 6.22. The van der Waals surface area contributed by atoms with Gasteiger partial charge in [-0.05, 0) is 18.2 Å². The average molecular weight is 319 g/mol. The van der Waals surface area contributed by atoms with Crippen molar-refractivity contribution >= 4 is 29.1 Å². The number of carboxylic acid groups (broad SMARTS) is 1. The molecule has 0 aromatic heterocycles. The first-order chi connectivity index (χ1) is 10.9. The Bertz CT molecular complexity index is 794. The maximum absolute atomic E-state index is 13.4. The van der Waals surface area contributed by atoms with Crippen LogP contribution in [0.4, 0.5) is 26.2 Å². The quantitative estimate of drug-likeness (QED) is 0.590. The van der Waals surface area contributed by atoms with Gasteiger partial charge in [0.1, 0.15) is 5.82 Å². The molecule has 2 rings (SSSR count). The molecule has 2 aromatic rings. The number of halogens is 1. The Morgan fingerprint density at radius 1 is 1.09 bits per heavy atom. The lowest BCUT2D eigenvalue weighted by atomic mass is 10.1. The molecule has 118 valence electrons. The second kappa shape index (κ2) is 6.52. The molecule has 0 spiro atoms. The molecule has 3 N–H and O–H groups in total. The molecule has 0 fully saturated rings. The van der Waals surface area contributed by atoms with Gasteiger partial charge >= 0.3 is 12.0 Å². The second-order valence-electron chi connectivity index (χ2n) is 4.35. The number of para-hydroxylation sites is 1. The summed E-state index contributed by atoms with van der Waals surface area (Å²) in [6.07, 6.45) is 0. The number of aromatic carboxylic acids is 1. The molecule has 2 aromatic carbocycles. The third-order valence-corrected chi connectivity index (χ3v) is 2.81. The number of carbonyl (C=O) groups excluding carboxylic acids is 1. The summed E-state index contributed by atoms with van der Waals surface area (Å²) in [4.78, 5) is 32.9. The number of anilines is 2. The van der Waals surface area contributed by atoms with E-state index < -0.39 is 34.0 Å². The van der Waals surface area contributed by atoms with E-state index in [1.54, 1.807) is 0 Å². The minimum absolute atomic E-state index is 0.0937. The highest BCUT2D eigenvalue weighted by molar-refractivity contribution is 6.05. The Labute approximate surface area is 128 Å². The van der Waals surface area contributed by atoms with Crippen molar-refractivity contribution in [2.24, 2.45) is 0 Å². The van der Waals surface area contributed by atoms with Crippen LogP contribution in [0.5, 0.6) is 0 Å². The zero-order valence-corrected chi connectivity index (χ0v) is 11.4. The molecule has 0 saturated carbocycles. The summed E-state index contributed by atoms with van der Waals surface area (Å²) < 4.78 is 13.4. The second-order valence-corrected chi connectivity index (χ2v) is 4.35. The van der Waals surface area contributed by atoms with Crippen LogP contribution in [-0.4, -0.2) is 22.0 Å². The minimum Gasteiger partial charge on any atom is -0.478 e. The number of nitrogens with one attached hydrogen (secondary N) is 2. The number of hydrogen-bond acceptors (Lipinski definition) is 4. The molecule has 0 saturated heterocycles. The number of non-ortho nitro benzene ring substituents is 1. The highest BCUT2D eigenvalue weighted by Crippen LogP contribution is 2.22. The SMILES string of the molecule is O=C(Nc1ccccc1F)Nc1ccc([N+](=O)[O-])cc1C(=O)O. The smallest absolute Gasteiger partial charge is 0.338 e. The zero-order chi connectivity index (χ0) is 17.0. The lowest BCUT2D eigenvalue weighted by Gasteiger charge is -2.10. The number of carboxylic acids is 1. The molecule has 2 amide bonds. The summed E-state index contributed by atoms with van der Waals surface area (Å²) in [6, 6.07) is 7.48. The monoisotopic (exact) mass is 319 g/mol. The Morgan fingerprint density at radius 3 is 2.35 bits per heavy atom. The summed E-state index contributed by atoms with van der Waals surface area (Å²) in [6.45, 7) is 0. The Morgan fingerprint density at radius 2 is 1.74 bits per heavy atom. The van der Waals surface area contributed by atoms with Gasteiger partial charge in [0.25, 0.3) is 5.69 Å². The minimum atomic E-state index is -1.45. The fourth-order valence-electron chi connectivity index (χ4n) is 1.77. The van der Waals surface area contributed by atoms with Crippen molar-refractivity contribution in [1.29, 1.82) is 0 Å². The van der Waals surface area contributed by atoms with Gasteiger partial charge in [-0.1, -0.05) is 12.1 Å². The molecule has 0 bridgehead atoms. The first-order valence-corrected chi connectivity index (χ1v) is 6.22. The van der Waals surface area contributed by atoms with E-state index in [-0.39, 0.29) is 11.4 Å². The lowest BCUT2D eigenvalue weighted by Crippen LogP contribution is -2.21. The summed E-state index contributed by atoms with van der Waals surface area (Å²) >= 11 is 0. The van der Waals surface area contributed by atoms with Gasteiger partial charge in [0.05, 0.1) is 21.9 Å². The number of carbonyl (C=O) groups is 2. The summed E-state index contributed by atoms with van der Waals surface area (Å²) in [7, 11) is 0. The van der Waals surface area contributed by atoms with Gasteiger partial charge in [-0.2, -0.15) is 0 Å². The Kier molecular flexibility index (Phi) is 4.50. The zero-order valence-electron chi connectivity index (χ0n) is 11.4. The average Bonchev–Trinajstić information content (AvgIpc) is 2.49. The maximum Gasteiger partial charge on any atom is 0.338 e. The van der Waals surface area contributed by atoms with E-state index in [0.717, 1.165) is 24.3 Å². The molecule has 0 aliphatic carbocycles. The summed E-state index contributed by atoms with van der Waals surface area (Å²) in [5.74, 6) is -2.11. The van der Waals surface area contributed by atoms with E-state index in [9.17, 15) is 24.1 Å². The highest BCUT2D eigenvalue weighted by atomic mass is 19.1. The van der Waals surface area contributed by atoms with Crippen LogP contribution in [0.25, 0.3) is 0 Å². The van der Waals surface area contributed by atoms with E-state index in [1.807, 2.05) is 0 Å². The summed E-state index contributed by atoms with van der Waals surface area (Å²) in [5, 5.41) is 24.1. The number of nitro benzene ring substituents is 1. The first kappa shape index (κ1) is 15.9. The number of rotatable bonds is 4. The van der Waals surface area contributed by atoms with Crippen molar-refractivity contribution in [2.45, 2.75) is 0 Å². The van der Waals surface area contributed by atoms with E-state index in [2.05, 4.69) is 10.6 Å². The molecular weight excluding hydrogens is 309 g/mol. The predicted octanol–water partition coefficient (Wildman–Crippen LogP) is 3.08. The van der Waals surface area contributed by atoms with Crippen molar-refractivity contribution in [3.63, 3.8) is 0 Å². The lowest BCUT2D eigenvalue weighted by molar-refractivity contribution is -0.384. The van der Waals surface area contributed by atoms with Crippen LogP contribution in [0.15, 0.2) is 42.5 Å². The number of nitro groups is 1. The van der Waals surface area contributed by atoms with Gasteiger partial charge in [0, 0.05) is 12.1 Å². The van der Waals surface area contributed by atoms with Gasteiger partial charge in [0.2, 0.25) is 0 Å². The van der Waals surface area contributed by atoms with E-state index in [4.69, 9.17) is 5.11 Å². The van der Waals surface area contributed by atoms with E-state index in [0.29, 0.717) is 0 Å². The molecule has 0 aliphatic rings. The van der Waals surface area contributed by atoms with Gasteiger partial charge in [-0.15, -0.1) is 0 Å². The topological polar surface area (TPSA) is 122 Å². The van der Waals surface area contributed by atoms with Crippen molar-refractivity contribution in [3.8, 4) is 0 Å². The van der Waals surface area contributed by atoms with Crippen LogP contribution in [0, 0.1) is 15.9 Å². The van der Waals surface area contributed by atoms with Crippen LogP contribution < -0.4 is 10.6 Å². The molecule has 23 heavy (non-hydrogen) atoms. The van der Waals surface area contributed by atoms with Crippen LogP contribution in [0.3, 0.4) is 0 Å². The molecule has 0 unspecified atom stereocenters. The normalized spacial score (nSPS) is 9.96. The number of nitrogens with zero attached hydrogens (tertiary/aromatic N) is 1. The fraction of sp³-hybridized carbons (Fsp3) is 0. The van der Waals surface area contributed by atoms with Gasteiger partial charge < -0.3 is 15.7 Å². The molecule has 9 heteroatoms. The fourth-order valence-corrected chi connectivity index (χ4v) is 1.77.